The number of hydrogen-bond donors (Lipinski definition) is 1. The fourth-order valence-corrected chi connectivity index (χ4v) is 2.30. The Morgan fingerprint density at radius 3 is 2.53 bits per heavy atom. The van der Waals surface area contributed by atoms with Gasteiger partial charge in [-0.1, -0.05) is 30.3 Å². The van der Waals surface area contributed by atoms with Gasteiger partial charge in [0.25, 0.3) is 0 Å². The van der Waals surface area contributed by atoms with Crippen molar-refractivity contribution in [1.82, 2.24) is 25.5 Å². The molecule has 0 bridgehead atoms. The van der Waals surface area contributed by atoms with Gasteiger partial charge in [0.2, 0.25) is 0 Å². The smallest absolute Gasteiger partial charge is 0.408 e. The van der Waals surface area contributed by atoms with E-state index >= 15 is 0 Å². The van der Waals surface area contributed by atoms with Crippen LogP contribution in [0.25, 0.3) is 0 Å². The van der Waals surface area contributed by atoms with Crippen molar-refractivity contribution in [2.75, 3.05) is 20.3 Å². The summed E-state index contributed by atoms with van der Waals surface area (Å²) < 4.78 is 17.8. The average Bonchev–Trinajstić information content (AvgIpc) is 3.14. The number of nitrogens with one attached hydrogen (secondary N) is 1. The molecule has 2 aromatic rings. The summed E-state index contributed by atoms with van der Waals surface area (Å²) in [4.78, 5) is 21.0. The molecule has 1 atom stereocenters. The number of ether oxygens (including phenoxy) is 3. The predicted molar refractivity (Wildman–Crippen MR) is 110 cm³/mol. The van der Waals surface area contributed by atoms with Gasteiger partial charge in [-0.05, 0) is 43.7 Å². The number of amides is 1. The van der Waals surface area contributed by atoms with E-state index in [-0.39, 0.29) is 6.61 Å². The third kappa shape index (κ3) is 10.1. The quantitative estimate of drug-likeness (QED) is 0.613. The molecule has 1 aromatic carbocycles. The van der Waals surface area contributed by atoms with Gasteiger partial charge in [0.05, 0.1) is 26.4 Å². The molecule has 0 aliphatic rings. The summed E-state index contributed by atoms with van der Waals surface area (Å²) in [6.45, 7) is 8.36. The Labute approximate surface area is 176 Å². The zero-order valence-corrected chi connectivity index (χ0v) is 18.2. The SMILES string of the molecule is CC=O.COCCn1nnnc1[C@@H](COCc1ccccc1)NC(=O)OC(C)(C)C. The Balaban J connectivity index is 0.00000141. The topological polar surface area (TPSA) is 117 Å². The molecule has 1 N–H and O–H groups in total. The van der Waals surface area contributed by atoms with E-state index in [4.69, 9.17) is 19.0 Å². The molecule has 2 rings (SSSR count). The minimum absolute atomic E-state index is 0.196. The highest BCUT2D eigenvalue weighted by molar-refractivity contribution is 5.68. The first-order chi connectivity index (χ1) is 14.3. The Kier molecular flexibility index (Phi) is 11.2. The van der Waals surface area contributed by atoms with Crippen molar-refractivity contribution in [2.24, 2.45) is 0 Å². The summed E-state index contributed by atoms with van der Waals surface area (Å²) in [6, 6.07) is 9.22. The van der Waals surface area contributed by atoms with E-state index in [9.17, 15) is 4.79 Å². The number of nitrogens with zero attached hydrogens (tertiary/aromatic N) is 4. The van der Waals surface area contributed by atoms with Crippen molar-refractivity contribution < 1.29 is 23.8 Å². The van der Waals surface area contributed by atoms with E-state index in [2.05, 4.69) is 20.8 Å². The summed E-state index contributed by atoms with van der Waals surface area (Å²) in [7, 11) is 1.60. The van der Waals surface area contributed by atoms with E-state index in [0.717, 1.165) is 11.8 Å². The Hall–Kier alpha value is -2.85. The maximum Gasteiger partial charge on any atom is 0.408 e. The molecular formula is C20H31N5O5. The number of rotatable bonds is 9. The number of tetrazole rings is 1. The predicted octanol–water partition coefficient (Wildman–Crippen LogP) is 2.31. The summed E-state index contributed by atoms with van der Waals surface area (Å²) in [5.74, 6) is 0.478. The second-order valence-electron chi connectivity index (χ2n) is 7.19. The highest BCUT2D eigenvalue weighted by Gasteiger charge is 2.25. The molecule has 0 saturated carbocycles. The maximum absolute atomic E-state index is 12.2. The molecule has 10 heteroatoms. The van der Waals surface area contributed by atoms with Crippen LogP contribution in [-0.4, -0.2) is 58.5 Å². The lowest BCUT2D eigenvalue weighted by molar-refractivity contribution is -0.106. The van der Waals surface area contributed by atoms with E-state index in [1.165, 1.54) is 6.92 Å². The molecule has 30 heavy (non-hydrogen) atoms. The summed E-state index contributed by atoms with van der Waals surface area (Å²) in [5, 5.41) is 14.5. The summed E-state index contributed by atoms with van der Waals surface area (Å²) >= 11 is 0. The number of aldehydes is 1. The molecule has 0 unspecified atom stereocenters. The number of methoxy groups -OCH3 is 1. The van der Waals surface area contributed by atoms with Crippen LogP contribution in [0.1, 0.15) is 45.1 Å². The van der Waals surface area contributed by atoms with Crippen LogP contribution in [0.4, 0.5) is 4.79 Å². The molecule has 1 heterocycles. The number of alkyl carbamates (subject to hydrolysis) is 1. The molecule has 10 nitrogen and oxygen atoms in total. The maximum atomic E-state index is 12.2. The van der Waals surface area contributed by atoms with Crippen molar-refractivity contribution in [2.45, 2.75) is 52.5 Å². The number of hydrogen-bond acceptors (Lipinski definition) is 8. The van der Waals surface area contributed by atoms with Gasteiger partial charge in [0.1, 0.15) is 17.9 Å². The van der Waals surface area contributed by atoms with Crippen LogP contribution < -0.4 is 5.32 Å². The van der Waals surface area contributed by atoms with E-state index in [1.807, 2.05) is 30.3 Å². The molecule has 0 saturated heterocycles. The van der Waals surface area contributed by atoms with Crippen molar-refractivity contribution >= 4 is 12.4 Å². The summed E-state index contributed by atoms with van der Waals surface area (Å²) in [5.41, 5.74) is 0.425. The lowest BCUT2D eigenvalue weighted by Crippen LogP contribution is -2.38. The second-order valence-corrected chi connectivity index (χ2v) is 7.19. The third-order valence-corrected chi connectivity index (χ3v) is 3.47. The van der Waals surface area contributed by atoms with Crippen LogP contribution in [0.3, 0.4) is 0 Å². The number of benzene rings is 1. The highest BCUT2D eigenvalue weighted by atomic mass is 16.6. The van der Waals surface area contributed by atoms with Gasteiger partial charge in [-0.15, -0.1) is 5.10 Å². The molecule has 1 amide bonds. The number of carbonyl (C=O) groups excluding carboxylic acids is 2. The fraction of sp³-hybridized carbons (Fsp3) is 0.550. The van der Waals surface area contributed by atoms with Gasteiger partial charge in [-0.25, -0.2) is 9.48 Å². The standard InChI is InChI=1S/C18H27N5O4.C2H4O/c1-18(2,3)27-17(24)19-15(13-26-12-14-8-6-5-7-9-14)16-20-21-22-23(16)10-11-25-4;1-2-3/h5-9,15H,10-13H2,1-4H3,(H,19,24);2H,1H3/t15-;/m1./s1. The molecule has 0 aliphatic carbocycles. The van der Waals surface area contributed by atoms with E-state index < -0.39 is 17.7 Å². The van der Waals surface area contributed by atoms with Gasteiger partial charge >= 0.3 is 6.09 Å². The van der Waals surface area contributed by atoms with E-state index in [0.29, 0.717) is 25.6 Å². The van der Waals surface area contributed by atoms with Crippen LogP contribution in [0.2, 0.25) is 0 Å². The number of carbonyl (C=O) groups is 2. The largest absolute Gasteiger partial charge is 0.444 e. The lowest BCUT2D eigenvalue weighted by Gasteiger charge is -2.23. The van der Waals surface area contributed by atoms with Crippen LogP contribution in [0.15, 0.2) is 30.3 Å². The van der Waals surface area contributed by atoms with Crippen LogP contribution >= 0.6 is 0 Å². The van der Waals surface area contributed by atoms with Crippen molar-refractivity contribution in [3.8, 4) is 0 Å². The Bertz CT molecular complexity index is 746. The lowest BCUT2D eigenvalue weighted by atomic mass is 10.2. The molecule has 166 valence electrons. The fourth-order valence-electron chi connectivity index (χ4n) is 2.30. The molecule has 0 fully saturated rings. The highest BCUT2D eigenvalue weighted by Crippen LogP contribution is 2.14. The molecule has 0 aliphatic heterocycles. The summed E-state index contributed by atoms with van der Waals surface area (Å²) in [6.07, 6.45) is 0.192. The second kappa shape index (κ2) is 13.4. The zero-order valence-electron chi connectivity index (χ0n) is 18.2. The van der Waals surface area contributed by atoms with Crippen molar-refractivity contribution in [3.63, 3.8) is 0 Å². The van der Waals surface area contributed by atoms with Crippen LogP contribution in [-0.2, 0) is 32.2 Å². The van der Waals surface area contributed by atoms with Crippen LogP contribution in [0, 0.1) is 0 Å². The molecule has 0 spiro atoms. The molecule has 1 aromatic heterocycles. The Morgan fingerprint density at radius 2 is 1.93 bits per heavy atom. The van der Waals surface area contributed by atoms with Gasteiger partial charge in [-0.3, -0.25) is 0 Å². The molecule has 0 radical (unpaired) electrons. The minimum atomic E-state index is -0.610. The molecular weight excluding hydrogens is 390 g/mol. The monoisotopic (exact) mass is 421 g/mol. The van der Waals surface area contributed by atoms with Crippen LogP contribution in [0.5, 0.6) is 0 Å². The van der Waals surface area contributed by atoms with Gasteiger partial charge < -0.3 is 24.3 Å². The van der Waals surface area contributed by atoms with Crippen molar-refractivity contribution in [3.05, 3.63) is 41.7 Å². The number of aromatic nitrogens is 4. The average molecular weight is 421 g/mol. The van der Waals surface area contributed by atoms with Gasteiger partial charge in [0.15, 0.2) is 5.82 Å². The zero-order chi connectivity index (χ0) is 22.4. The third-order valence-electron chi connectivity index (χ3n) is 3.47. The van der Waals surface area contributed by atoms with Gasteiger partial charge in [-0.2, -0.15) is 0 Å². The Morgan fingerprint density at radius 1 is 1.27 bits per heavy atom. The first kappa shape index (κ1) is 25.2. The first-order valence-electron chi connectivity index (χ1n) is 9.56. The minimum Gasteiger partial charge on any atom is -0.444 e. The normalized spacial score (nSPS) is 11.8. The van der Waals surface area contributed by atoms with E-state index in [1.54, 1.807) is 32.6 Å². The van der Waals surface area contributed by atoms with Gasteiger partial charge in [0, 0.05) is 7.11 Å². The van der Waals surface area contributed by atoms with Crippen molar-refractivity contribution in [1.29, 1.82) is 0 Å². The first-order valence-corrected chi connectivity index (χ1v) is 9.56.